The highest BCUT2D eigenvalue weighted by Gasteiger charge is 2.44. The molecular weight excluding hydrogens is 416 g/mol. The van der Waals surface area contributed by atoms with Crippen molar-refractivity contribution in [2.24, 2.45) is 16.1 Å². The van der Waals surface area contributed by atoms with Crippen LogP contribution in [0.15, 0.2) is 70.9 Å². The molecule has 0 saturated carbocycles. The highest BCUT2D eigenvalue weighted by atomic mass is 35.6. The second-order valence-corrected chi connectivity index (χ2v) is 11.6. The molecule has 0 fully saturated rings. The summed E-state index contributed by atoms with van der Waals surface area (Å²) in [6, 6.07) is 20.0. The zero-order valence-electron chi connectivity index (χ0n) is 18.5. The maximum absolute atomic E-state index is 7.09. The van der Waals surface area contributed by atoms with Crippen LogP contribution in [-0.2, 0) is 8.85 Å². The highest BCUT2D eigenvalue weighted by Crippen LogP contribution is 2.27. The molecule has 162 valence electrons. The molecule has 0 heterocycles. The van der Waals surface area contributed by atoms with Gasteiger partial charge in [-0.3, -0.25) is 10.0 Å². The molecule has 6 nitrogen and oxygen atoms in total. The Hall–Kier alpha value is -2.51. The van der Waals surface area contributed by atoms with Gasteiger partial charge in [-0.25, -0.2) is 0 Å². The Kier molecular flexibility index (Phi) is 8.74. The quantitative estimate of drug-likeness (QED) is 0.194. The molecule has 0 saturated heterocycles. The van der Waals surface area contributed by atoms with Crippen molar-refractivity contribution >= 4 is 30.7 Å². The van der Waals surface area contributed by atoms with E-state index in [1.54, 1.807) is 10.0 Å². The second-order valence-electron chi connectivity index (χ2n) is 7.70. The summed E-state index contributed by atoms with van der Waals surface area (Å²) in [7, 11) is 4.09. The van der Waals surface area contributed by atoms with Crippen LogP contribution in [0.4, 0.5) is 0 Å². The molecule has 0 aliphatic rings. The van der Waals surface area contributed by atoms with E-state index in [-0.39, 0.29) is 5.92 Å². The van der Waals surface area contributed by atoms with Gasteiger partial charge in [-0.1, -0.05) is 61.3 Å². The van der Waals surface area contributed by atoms with Crippen molar-refractivity contribution in [1.29, 1.82) is 0 Å². The molecule has 0 bridgehead atoms. The van der Waals surface area contributed by atoms with Gasteiger partial charge in [0.15, 0.2) is 0 Å². The SMILES string of the molecule is CC(C)C[Si](Cl)(O/C(=N/N(C)C)c1ccccc1)O/C(=N/N(C)C)c1ccccc1. The lowest BCUT2D eigenvalue weighted by atomic mass is 10.2. The maximum atomic E-state index is 7.09. The van der Waals surface area contributed by atoms with E-state index in [4.69, 9.17) is 19.9 Å². The van der Waals surface area contributed by atoms with Crippen LogP contribution in [0, 0.1) is 5.92 Å². The smallest absolute Gasteiger partial charge is 0.485 e. The van der Waals surface area contributed by atoms with Gasteiger partial charge in [0.2, 0.25) is 11.8 Å². The fourth-order valence-corrected chi connectivity index (χ4v) is 6.12. The van der Waals surface area contributed by atoms with Gasteiger partial charge in [-0.15, -0.1) is 10.2 Å². The van der Waals surface area contributed by atoms with Crippen LogP contribution in [0.2, 0.25) is 6.04 Å². The molecule has 2 aromatic rings. The standard InChI is InChI=1S/C22H31ClN4O2Si/c1-18(2)17-30(23,28-21(24-26(3)4)19-13-9-7-10-14-19)29-22(25-27(5)6)20-15-11-8-12-16-20/h7-16,18H,17H2,1-6H3/b24-21+,25-22+. The number of hydrogen-bond acceptors (Lipinski definition) is 6. The van der Waals surface area contributed by atoms with Crippen molar-refractivity contribution in [2.75, 3.05) is 28.2 Å². The predicted molar refractivity (Wildman–Crippen MR) is 127 cm³/mol. The molecule has 8 heteroatoms. The van der Waals surface area contributed by atoms with Gasteiger partial charge in [-0.05, 0) is 30.2 Å². The summed E-state index contributed by atoms with van der Waals surface area (Å²) in [6.45, 7) is 4.18. The van der Waals surface area contributed by atoms with Crippen molar-refractivity contribution < 1.29 is 8.85 Å². The molecule has 30 heavy (non-hydrogen) atoms. The van der Waals surface area contributed by atoms with E-state index in [0.717, 1.165) is 11.1 Å². The normalized spacial score (nSPS) is 12.7. The van der Waals surface area contributed by atoms with Crippen molar-refractivity contribution in [1.82, 2.24) is 10.0 Å². The third kappa shape index (κ3) is 7.72. The van der Waals surface area contributed by atoms with Crippen LogP contribution in [0.5, 0.6) is 0 Å². The zero-order chi connectivity index (χ0) is 22.1. The van der Waals surface area contributed by atoms with Crippen molar-refractivity contribution in [3.8, 4) is 0 Å². The van der Waals surface area contributed by atoms with E-state index in [0.29, 0.717) is 17.8 Å². The summed E-state index contributed by atoms with van der Waals surface area (Å²) in [6.07, 6.45) is 0. The van der Waals surface area contributed by atoms with Crippen LogP contribution < -0.4 is 0 Å². The predicted octanol–water partition coefficient (Wildman–Crippen LogP) is 4.70. The van der Waals surface area contributed by atoms with Crippen molar-refractivity contribution in [3.05, 3.63) is 71.8 Å². The van der Waals surface area contributed by atoms with Gasteiger partial charge in [0.25, 0.3) is 0 Å². The average molecular weight is 447 g/mol. The fraction of sp³-hybridized carbons (Fsp3) is 0.364. The lowest BCUT2D eigenvalue weighted by Crippen LogP contribution is -2.42. The van der Waals surface area contributed by atoms with Crippen LogP contribution >= 0.6 is 11.1 Å². The number of hydrogen-bond donors (Lipinski definition) is 0. The molecule has 2 rings (SSSR count). The summed E-state index contributed by atoms with van der Waals surface area (Å²) in [4.78, 5) is 0. The first-order chi connectivity index (χ1) is 14.2. The first-order valence-electron chi connectivity index (χ1n) is 9.88. The molecule has 0 amide bonds. The van der Waals surface area contributed by atoms with E-state index in [2.05, 4.69) is 24.1 Å². The minimum Gasteiger partial charge on any atom is -0.485 e. The van der Waals surface area contributed by atoms with Gasteiger partial charge in [0.05, 0.1) is 0 Å². The van der Waals surface area contributed by atoms with E-state index in [1.807, 2.05) is 88.9 Å². The molecule has 0 radical (unpaired) electrons. The van der Waals surface area contributed by atoms with Crippen molar-refractivity contribution in [2.45, 2.75) is 19.9 Å². The molecule has 0 atom stereocenters. The van der Waals surface area contributed by atoms with E-state index >= 15 is 0 Å². The van der Waals surface area contributed by atoms with E-state index < -0.39 is 7.87 Å². The Morgan fingerprint density at radius 3 is 1.47 bits per heavy atom. The average Bonchev–Trinajstić information content (AvgIpc) is 2.67. The molecule has 0 unspecified atom stereocenters. The van der Waals surface area contributed by atoms with Crippen LogP contribution in [0.25, 0.3) is 0 Å². The summed E-state index contributed by atoms with van der Waals surface area (Å²) >= 11 is 7.09. The molecule has 0 aliphatic carbocycles. The topological polar surface area (TPSA) is 49.7 Å². The molecule has 2 aromatic carbocycles. The molecule has 0 N–H and O–H groups in total. The number of benzene rings is 2. The summed E-state index contributed by atoms with van der Waals surface area (Å²) in [5, 5.41) is 12.4. The van der Waals surface area contributed by atoms with Gasteiger partial charge in [0.1, 0.15) is 0 Å². The Morgan fingerprint density at radius 2 is 1.17 bits per heavy atom. The number of rotatable bonds is 8. The van der Waals surface area contributed by atoms with E-state index in [9.17, 15) is 0 Å². The minimum atomic E-state index is -3.28. The number of halogens is 1. The highest BCUT2D eigenvalue weighted by molar-refractivity contribution is 7.14. The fourth-order valence-electron chi connectivity index (χ4n) is 2.68. The zero-order valence-corrected chi connectivity index (χ0v) is 20.3. The lowest BCUT2D eigenvalue weighted by Gasteiger charge is -2.28. The Balaban J connectivity index is 2.44. The number of nitrogens with zero attached hydrogens (tertiary/aromatic N) is 4. The third-order valence-corrected chi connectivity index (χ3v) is 7.00. The van der Waals surface area contributed by atoms with Crippen LogP contribution in [-0.4, -0.2) is 57.9 Å². The molecule has 0 aromatic heterocycles. The summed E-state index contributed by atoms with van der Waals surface area (Å²) in [5.41, 5.74) is 1.67. The van der Waals surface area contributed by atoms with Crippen LogP contribution in [0.3, 0.4) is 0 Å². The Bertz CT molecular complexity index is 779. The van der Waals surface area contributed by atoms with Crippen LogP contribution in [0.1, 0.15) is 25.0 Å². The van der Waals surface area contributed by atoms with Gasteiger partial charge in [0, 0.05) is 45.4 Å². The van der Waals surface area contributed by atoms with Crippen molar-refractivity contribution in [3.63, 3.8) is 0 Å². The first kappa shape index (κ1) is 23.8. The van der Waals surface area contributed by atoms with Gasteiger partial charge < -0.3 is 8.85 Å². The van der Waals surface area contributed by atoms with Gasteiger partial charge >= 0.3 is 7.87 Å². The minimum absolute atomic E-state index is 0.266. The summed E-state index contributed by atoms with van der Waals surface area (Å²) < 4.78 is 12.7. The van der Waals surface area contributed by atoms with E-state index in [1.165, 1.54) is 0 Å². The second kappa shape index (κ2) is 11.0. The molecular formula is C22H31ClN4O2Si. The maximum Gasteiger partial charge on any atom is 0.571 e. The number of hydrazone groups is 2. The largest absolute Gasteiger partial charge is 0.571 e. The Labute approximate surface area is 185 Å². The first-order valence-corrected chi connectivity index (χ1v) is 12.9. The molecule has 0 spiro atoms. The summed E-state index contributed by atoms with van der Waals surface area (Å²) in [5.74, 6) is 1.13. The monoisotopic (exact) mass is 446 g/mol. The lowest BCUT2D eigenvalue weighted by molar-refractivity contribution is 0.351. The van der Waals surface area contributed by atoms with Gasteiger partial charge in [-0.2, -0.15) is 0 Å². The Morgan fingerprint density at radius 1 is 0.800 bits per heavy atom. The molecule has 0 aliphatic heterocycles. The third-order valence-electron chi connectivity index (χ3n) is 3.77.